The van der Waals surface area contributed by atoms with E-state index in [0.717, 1.165) is 11.2 Å². The van der Waals surface area contributed by atoms with Crippen molar-refractivity contribution in [2.24, 2.45) is 0 Å². The van der Waals surface area contributed by atoms with Crippen molar-refractivity contribution < 1.29 is 4.42 Å². The van der Waals surface area contributed by atoms with Crippen LogP contribution >= 0.6 is 0 Å². The second-order valence-electron chi connectivity index (χ2n) is 20.2. The predicted molar refractivity (Wildman–Crippen MR) is 243 cm³/mol. The first-order chi connectivity index (χ1) is 27.2. The fourth-order valence-electron chi connectivity index (χ4n) is 11.5. The van der Waals surface area contributed by atoms with Crippen LogP contribution in [-0.2, 0) is 16.2 Å². The van der Waals surface area contributed by atoms with Crippen molar-refractivity contribution in [2.45, 2.75) is 110 Å². The largest absolute Gasteiger partial charge is 0.456 e. The van der Waals surface area contributed by atoms with E-state index in [-0.39, 0.29) is 28.6 Å². The van der Waals surface area contributed by atoms with E-state index in [9.17, 15) is 0 Å². The maximum atomic E-state index is 6.77. The number of fused-ring (bicyclic) bond motifs is 11. The summed E-state index contributed by atoms with van der Waals surface area (Å²) in [5.41, 5.74) is 20.7. The zero-order valence-corrected chi connectivity index (χ0v) is 35.1. The molecule has 0 saturated heterocycles. The average Bonchev–Trinajstić information content (AvgIpc) is 3.66. The standard InChI is InChI=1S/C53H53BN2O/c1-32-27-38-39-30-35(51(5,6)7)31-40-49(39)56(53(9)26-16-15-25-52(40,53)8)54-47(38)43(28-32)55(42-23-24-45-46(48(42)54)36-19-13-14-20-44(36)57-45)41-22-21-34(50(2,3)4)29-37(41)33-17-11-10-12-18-33/h10-14,17-24,27-31H,15-16,25-26H2,1-9H3. The number of furan rings is 1. The molecule has 6 aromatic carbocycles. The van der Waals surface area contributed by atoms with Crippen LogP contribution in [0.1, 0.15) is 103 Å². The van der Waals surface area contributed by atoms with Crippen LogP contribution in [0, 0.1) is 6.92 Å². The SMILES string of the molecule is Cc1cc2c3c(c1)N(c1ccc(C(C)(C)C)cc1-c1ccccc1)c1ccc4oc5ccccc5c4c1B3N1c3c-2cc(C(C)(C)C)cc3C2(C)CCCCC12C. The van der Waals surface area contributed by atoms with Crippen molar-refractivity contribution in [3.8, 4) is 22.3 Å². The number of anilines is 4. The van der Waals surface area contributed by atoms with Gasteiger partial charge in [-0.25, -0.2) is 0 Å². The van der Waals surface area contributed by atoms with E-state index in [1.165, 1.54) is 109 Å². The molecule has 1 fully saturated rings. The number of aryl methyl sites for hydroxylation is 1. The first-order valence-electron chi connectivity index (χ1n) is 21.3. The van der Waals surface area contributed by atoms with E-state index in [0.29, 0.717) is 0 Å². The van der Waals surface area contributed by atoms with Gasteiger partial charge < -0.3 is 14.1 Å². The van der Waals surface area contributed by atoms with Crippen LogP contribution in [0.15, 0.2) is 114 Å². The van der Waals surface area contributed by atoms with Crippen molar-refractivity contribution in [2.75, 3.05) is 9.71 Å². The highest BCUT2D eigenvalue weighted by atomic mass is 16.3. The molecule has 2 atom stereocenters. The van der Waals surface area contributed by atoms with Gasteiger partial charge in [-0.3, -0.25) is 0 Å². The first kappa shape index (κ1) is 35.0. The lowest BCUT2D eigenvalue weighted by Gasteiger charge is -2.55. The Hall–Kier alpha value is -5.22. The molecule has 1 aliphatic carbocycles. The predicted octanol–water partition coefficient (Wildman–Crippen LogP) is 13.1. The van der Waals surface area contributed by atoms with Gasteiger partial charge in [0, 0.05) is 49.9 Å². The van der Waals surface area contributed by atoms with E-state index in [2.05, 4.69) is 181 Å². The highest BCUT2D eigenvalue weighted by Gasteiger charge is 2.63. The van der Waals surface area contributed by atoms with Gasteiger partial charge >= 0.3 is 6.85 Å². The molecule has 0 bridgehead atoms. The average molecular weight is 745 g/mol. The molecule has 1 saturated carbocycles. The van der Waals surface area contributed by atoms with Crippen molar-refractivity contribution >= 4 is 62.5 Å². The molecule has 4 aliphatic rings. The highest BCUT2D eigenvalue weighted by Crippen LogP contribution is 2.64. The van der Waals surface area contributed by atoms with Gasteiger partial charge in [0.05, 0.1) is 5.69 Å². The summed E-state index contributed by atoms with van der Waals surface area (Å²) in [6.07, 6.45) is 4.89. The van der Waals surface area contributed by atoms with Gasteiger partial charge in [-0.2, -0.15) is 0 Å². The summed E-state index contributed by atoms with van der Waals surface area (Å²) in [4.78, 5) is 5.59. The van der Waals surface area contributed by atoms with E-state index in [4.69, 9.17) is 4.42 Å². The summed E-state index contributed by atoms with van der Waals surface area (Å²) in [5.74, 6) is 0. The van der Waals surface area contributed by atoms with E-state index < -0.39 is 0 Å². The third-order valence-corrected chi connectivity index (χ3v) is 14.8. The van der Waals surface area contributed by atoms with Gasteiger partial charge in [-0.05, 0) is 124 Å². The van der Waals surface area contributed by atoms with E-state index in [1.54, 1.807) is 5.56 Å². The number of hydrogen-bond acceptors (Lipinski definition) is 3. The molecule has 0 radical (unpaired) electrons. The Balaban J connectivity index is 1.32. The minimum absolute atomic E-state index is 0.00135. The summed E-state index contributed by atoms with van der Waals surface area (Å²) in [5, 5.41) is 2.44. The second-order valence-corrected chi connectivity index (χ2v) is 20.2. The Morgan fingerprint density at radius 3 is 2.09 bits per heavy atom. The van der Waals surface area contributed by atoms with Crippen LogP contribution in [0.3, 0.4) is 0 Å². The van der Waals surface area contributed by atoms with Crippen molar-refractivity contribution in [3.05, 3.63) is 131 Å². The number of benzene rings is 6. The molecule has 2 unspecified atom stereocenters. The molecule has 3 nitrogen and oxygen atoms in total. The number of para-hydroxylation sites is 1. The molecule has 3 aliphatic heterocycles. The van der Waals surface area contributed by atoms with Crippen LogP contribution in [0.25, 0.3) is 44.2 Å². The minimum atomic E-state index is -0.0753. The van der Waals surface area contributed by atoms with Crippen molar-refractivity contribution in [3.63, 3.8) is 0 Å². The zero-order chi connectivity index (χ0) is 39.4. The Morgan fingerprint density at radius 2 is 1.32 bits per heavy atom. The van der Waals surface area contributed by atoms with Crippen LogP contribution in [0.2, 0.25) is 0 Å². The van der Waals surface area contributed by atoms with Crippen LogP contribution in [0.4, 0.5) is 22.7 Å². The molecule has 0 spiro atoms. The maximum Gasteiger partial charge on any atom is 0.329 e. The van der Waals surface area contributed by atoms with Gasteiger partial charge in [-0.1, -0.05) is 128 Å². The molecule has 57 heavy (non-hydrogen) atoms. The summed E-state index contributed by atoms with van der Waals surface area (Å²) in [6.45, 7) is 21.7. The van der Waals surface area contributed by atoms with E-state index >= 15 is 0 Å². The lowest BCUT2D eigenvalue weighted by Crippen LogP contribution is -2.70. The fraction of sp³-hybridized carbons (Fsp3) is 0.321. The molecule has 4 heterocycles. The minimum Gasteiger partial charge on any atom is -0.456 e. The molecule has 1 aromatic heterocycles. The molecular formula is C53H53BN2O. The van der Waals surface area contributed by atoms with Crippen LogP contribution < -0.4 is 20.6 Å². The molecule has 284 valence electrons. The van der Waals surface area contributed by atoms with E-state index in [1.807, 2.05) is 0 Å². The Morgan fingerprint density at radius 1 is 0.614 bits per heavy atom. The molecule has 0 N–H and O–H groups in total. The Kier molecular flexibility index (Phi) is 7.04. The van der Waals surface area contributed by atoms with Gasteiger partial charge in [0.15, 0.2) is 0 Å². The van der Waals surface area contributed by atoms with Crippen LogP contribution in [-0.4, -0.2) is 12.4 Å². The quantitative estimate of drug-likeness (QED) is 0.164. The monoisotopic (exact) mass is 744 g/mol. The maximum absolute atomic E-state index is 6.77. The van der Waals surface area contributed by atoms with Gasteiger partial charge in [-0.15, -0.1) is 0 Å². The first-order valence-corrected chi connectivity index (χ1v) is 21.3. The highest BCUT2D eigenvalue weighted by molar-refractivity contribution is 6.95. The number of nitrogens with zero attached hydrogens (tertiary/aromatic N) is 2. The van der Waals surface area contributed by atoms with Gasteiger partial charge in [0.2, 0.25) is 0 Å². The van der Waals surface area contributed by atoms with Crippen LogP contribution in [0.5, 0.6) is 0 Å². The summed E-state index contributed by atoms with van der Waals surface area (Å²) < 4.78 is 6.77. The lowest BCUT2D eigenvalue weighted by molar-refractivity contribution is 0.199. The number of rotatable bonds is 2. The lowest BCUT2D eigenvalue weighted by atomic mass is 9.41. The third-order valence-electron chi connectivity index (χ3n) is 14.8. The third kappa shape index (κ3) is 4.62. The second kappa shape index (κ2) is 11.5. The summed E-state index contributed by atoms with van der Waals surface area (Å²) >= 11 is 0. The Bertz CT molecular complexity index is 2840. The molecular weight excluding hydrogens is 691 g/mol. The normalized spacial score (nSPS) is 20.8. The molecule has 11 rings (SSSR count). The summed E-state index contributed by atoms with van der Waals surface area (Å²) in [6, 6.07) is 41.8. The van der Waals surface area contributed by atoms with Crippen molar-refractivity contribution in [1.29, 1.82) is 0 Å². The molecule has 7 aromatic rings. The number of hydrogen-bond donors (Lipinski definition) is 0. The van der Waals surface area contributed by atoms with Gasteiger partial charge in [0.1, 0.15) is 11.2 Å². The smallest absolute Gasteiger partial charge is 0.329 e. The summed E-state index contributed by atoms with van der Waals surface area (Å²) in [7, 11) is 0. The van der Waals surface area contributed by atoms with Gasteiger partial charge in [0.25, 0.3) is 0 Å². The van der Waals surface area contributed by atoms with Crippen molar-refractivity contribution in [1.82, 2.24) is 0 Å². The topological polar surface area (TPSA) is 19.6 Å². The zero-order valence-electron chi connectivity index (χ0n) is 35.1. The molecule has 4 heteroatoms. The fourth-order valence-corrected chi connectivity index (χ4v) is 11.5. The molecule has 0 amide bonds. The Labute approximate surface area is 338 Å².